The Morgan fingerprint density at radius 3 is 2.34 bits per heavy atom. The lowest BCUT2D eigenvalue weighted by molar-refractivity contribution is -0.136. The maximum atomic E-state index is 13.8. The molecule has 0 fully saturated rings. The number of carbonyl (C=O) groups excluding carboxylic acids is 1. The van der Waals surface area contributed by atoms with E-state index in [-0.39, 0.29) is 5.56 Å². The Balaban J connectivity index is 1.54. The van der Waals surface area contributed by atoms with Gasteiger partial charge in [-0.25, -0.2) is 9.79 Å². The summed E-state index contributed by atoms with van der Waals surface area (Å²) in [6.45, 7) is 4.43. The molecule has 1 atom stereocenters. The minimum Gasteiger partial charge on any atom is -0.490 e. The molecular weight excluding hydrogens is 583 g/mol. The lowest BCUT2D eigenvalue weighted by atomic mass is 9.96. The number of benzene rings is 3. The van der Waals surface area contributed by atoms with Gasteiger partial charge in [0, 0.05) is 10.0 Å². The van der Waals surface area contributed by atoms with Gasteiger partial charge in [0.25, 0.3) is 5.56 Å². The third-order valence-electron chi connectivity index (χ3n) is 6.49. The van der Waals surface area contributed by atoms with E-state index in [1.807, 2.05) is 49.4 Å². The van der Waals surface area contributed by atoms with Crippen molar-refractivity contribution in [2.75, 3.05) is 13.7 Å². The van der Waals surface area contributed by atoms with Gasteiger partial charge in [-0.2, -0.15) is 0 Å². The van der Waals surface area contributed by atoms with Crippen molar-refractivity contribution in [3.63, 3.8) is 0 Å². The fourth-order valence-electron chi connectivity index (χ4n) is 4.55. The SMILES string of the molecule is CCOc1cc(/C=c2\sc3n(c2=O)[C@@H](c2ccc(Cl)cc2)C(C(=O)OC)=C(C)N=3)ccc1OCc1ccc(Cl)cc1. The number of halogens is 2. The number of esters is 1. The highest BCUT2D eigenvalue weighted by Crippen LogP contribution is 2.32. The number of thiazole rings is 1. The maximum Gasteiger partial charge on any atom is 0.338 e. The minimum atomic E-state index is -0.708. The molecule has 0 saturated heterocycles. The van der Waals surface area contributed by atoms with Crippen LogP contribution in [0, 0.1) is 0 Å². The molecule has 0 aliphatic carbocycles. The second-order valence-electron chi connectivity index (χ2n) is 9.18. The van der Waals surface area contributed by atoms with Crippen molar-refractivity contribution in [1.82, 2.24) is 4.57 Å². The third-order valence-corrected chi connectivity index (χ3v) is 7.97. The van der Waals surface area contributed by atoms with Crippen molar-refractivity contribution < 1.29 is 19.0 Å². The number of aromatic nitrogens is 1. The lowest BCUT2D eigenvalue weighted by Gasteiger charge is -2.24. The first-order chi connectivity index (χ1) is 19.8. The van der Waals surface area contributed by atoms with Gasteiger partial charge in [0.2, 0.25) is 0 Å². The average molecular weight is 610 g/mol. The van der Waals surface area contributed by atoms with Crippen LogP contribution in [0.15, 0.2) is 87.8 Å². The molecule has 2 heterocycles. The van der Waals surface area contributed by atoms with E-state index in [2.05, 4.69) is 4.99 Å². The predicted molar refractivity (Wildman–Crippen MR) is 161 cm³/mol. The van der Waals surface area contributed by atoms with Gasteiger partial charge in [-0.3, -0.25) is 9.36 Å². The van der Waals surface area contributed by atoms with Gasteiger partial charge in [0.05, 0.1) is 35.6 Å². The Morgan fingerprint density at radius 2 is 1.68 bits per heavy atom. The molecule has 7 nitrogen and oxygen atoms in total. The smallest absolute Gasteiger partial charge is 0.338 e. The Labute approximate surface area is 250 Å². The standard InChI is InChI=1S/C31H26Cl2N2O5S/c1-4-39-25-15-20(7-14-24(25)40-17-19-5-10-22(32)11-6-19)16-26-29(36)35-28(21-8-12-23(33)13-9-21)27(30(37)38-3)18(2)34-31(35)41-26/h5-16,28H,4,17H2,1-3H3/b26-16-/t28-/m0/s1. The number of allylic oxidation sites excluding steroid dienone is 1. The van der Waals surface area contributed by atoms with Gasteiger partial charge >= 0.3 is 5.97 Å². The molecule has 1 aliphatic heterocycles. The molecule has 1 aromatic heterocycles. The molecule has 1 aliphatic rings. The fourth-order valence-corrected chi connectivity index (χ4v) is 5.85. The monoisotopic (exact) mass is 608 g/mol. The molecular formula is C31H26Cl2N2O5S. The van der Waals surface area contributed by atoms with Crippen LogP contribution >= 0.6 is 34.5 Å². The summed E-state index contributed by atoms with van der Waals surface area (Å²) in [6, 6.07) is 19.3. The number of rotatable bonds is 8. The van der Waals surface area contributed by atoms with Crippen LogP contribution in [0.3, 0.4) is 0 Å². The van der Waals surface area contributed by atoms with Crippen molar-refractivity contribution >= 4 is 46.6 Å². The normalized spacial score (nSPS) is 14.9. The van der Waals surface area contributed by atoms with Crippen LogP contribution in [0.2, 0.25) is 10.0 Å². The highest BCUT2D eigenvalue weighted by molar-refractivity contribution is 7.07. The molecule has 0 saturated carbocycles. The first-order valence-corrected chi connectivity index (χ1v) is 14.4. The van der Waals surface area contributed by atoms with Gasteiger partial charge in [-0.15, -0.1) is 0 Å². The highest BCUT2D eigenvalue weighted by atomic mass is 35.5. The molecule has 0 amide bonds. The largest absolute Gasteiger partial charge is 0.490 e. The molecule has 41 heavy (non-hydrogen) atoms. The summed E-state index contributed by atoms with van der Waals surface area (Å²) in [5, 5.41) is 1.21. The van der Waals surface area contributed by atoms with Crippen LogP contribution in [0.5, 0.6) is 11.5 Å². The molecule has 0 spiro atoms. The van der Waals surface area contributed by atoms with E-state index in [4.69, 9.17) is 37.4 Å². The number of methoxy groups -OCH3 is 1. The maximum absolute atomic E-state index is 13.8. The van der Waals surface area contributed by atoms with Crippen LogP contribution in [-0.2, 0) is 16.1 Å². The van der Waals surface area contributed by atoms with E-state index >= 15 is 0 Å². The van der Waals surface area contributed by atoms with Gasteiger partial charge < -0.3 is 14.2 Å². The summed E-state index contributed by atoms with van der Waals surface area (Å²) in [5.41, 5.74) is 2.96. The number of ether oxygens (including phenoxy) is 3. The van der Waals surface area contributed by atoms with Crippen LogP contribution in [0.4, 0.5) is 0 Å². The van der Waals surface area contributed by atoms with Crippen molar-refractivity contribution in [2.24, 2.45) is 4.99 Å². The topological polar surface area (TPSA) is 79.1 Å². The number of fused-ring (bicyclic) bond motifs is 1. The van der Waals surface area contributed by atoms with E-state index in [0.29, 0.717) is 55.4 Å². The Hall–Kier alpha value is -3.85. The fraction of sp³-hybridized carbons (Fsp3) is 0.194. The quantitative estimate of drug-likeness (QED) is 0.240. The Kier molecular flexibility index (Phi) is 8.63. The Morgan fingerprint density at radius 1 is 1.00 bits per heavy atom. The summed E-state index contributed by atoms with van der Waals surface area (Å²) >= 11 is 13.3. The van der Waals surface area contributed by atoms with E-state index in [0.717, 1.165) is 16.7 Å². The summed E-state index contributed by atoms with van der Waals surface area (Å²) in [4.78, 5) is 31.7. The zero-order chi connectivity index (χ0) is 29.1. The first-order valence-electron chi connectivity index (χ1n) is 12.8. The van der Waals surface area contributed by atoms with Crippen molar-refractivity contribution in [3.05, 3.63) is 124 Å². The molecule has 210 valence electrons. The molecule has 5 rings (SSSR count). The molecule has 0 unspecified atom stereocenters. The van der Waals surface area contributed by atoms with Gasteiger partial charge in [0.15, 0.2) is 16.3 Å². The van der Waals surface area contributed by atoms with E-state index in [9.17, 15) is 9.59 Å². The van der Waals surface area contributed by atoms with Crippen LogP contribution in [0.25, 0.3) is 6.08 Å². The lowest BCUT2D eigenvalue weighted by Crippen LogP contribution is -2.39. The second-order valence-corrected chi connectivity index (χ2v) is 11.1. The molecule has 3 aromatic carbocycles. The number of carbonyl (C=O) groups is 1. The summed E-state index contributed by atoms with van der Waals surface area (Å²) in [6.07, 6.45) is 1.78. The van der Waals surface area contributed by atoms with Crippen molar-refractivity contribution in [3.8, 4) is 11.5 Å². The van der Waals surface area contributed by atoms with Gasteiger partial charge in [-0.05, 0) is 73.0 Å². The molecule has 0 bridgehead atoms. The van der Waals surface area contributed by atoms with E-state index in [1.165, 1.54) is 23.0 Å². The predicted octanol–water partition coefficient (Wildman–Crippen LogP) is 5.69. The third kappa shape index (κ3) is 6.10. The number of hydrogen-bond acceptors (Lipinski definition) is 7. The highest BCUT2D eigenvalue weighted by Gasteiger charge is 2.33. The van der Waals surface area contributed by atoms with Crippen LogP contribution in [0.1, 0.15) is 36.6 Å². The molecule has 4 aromatic rings. The molecule has 0 radical (unpaired) electrons. The van der Waals surface area contributed by atoms with E-state index in [1.54, 1.807) is 37.3 Å². The summed E-state index contributed by atoms with van der Waals surface area (Å²) in [7, 11) is 1.31. The summed E-state index contributed by atoms with van der Waals surface area (Å²) in [5.74, 6) is 0.600. The summed E-state index contributed by atoms with van der Waals surface area (Å²) < 4.78 is 18.9. The van der Waals surface area contributed by atoms with Crippen molar-refractivity contribution in [2.45, 2.75) is 26.5 Å². The van der Waals surface area contributed by atoms with Crippen LogP contribution in [-0.4, -0.2) is 24.3 Å². The van der Waals surface area contributed by atoms with Gasteiger partial charge in [0.1, 0.15) is 6.61 Å². The van der Waals surface area contributed by atoms with Crippen LogP contribution < -0.4 is 24.4 Å². The first kappa shape index (κ1) is 28.7. The Bertz CT molecular complexity index is 1810. The van der Waals surface area contributed by atoms with Gasteiger partial charge in [-0.1, -0.05) is 64.9 Å². The second kappa shape index (κ2) is 12.3. The molecule has 10 heteroatoms. The zero-order valence-electron chi connectivity index (χ0n) is 22.5. The zero-order valence-corrected chi connectivity index (χ0v) is 24.8. The average Bonchev–Trinajstić information content (AvgIpc) is 3.27. The van der Waals surface area contributed by atoms with E-state index < -0.39 is 12.0 Å². The number of nitrogens with zero attached hydrogens (tertiary/aromatic N) is 2. The number of hydrogen-bond donors (Lipinski definition) is 0. The van der Waals surface area contributed by atoms with Crippen molar-refractivity contribution in [1.29, 1.82) is 0 Å². The minimum absolute atomic E-state index is 0.274. The molecule has 0 N–H and O–H groups in total.